The molecule has 8 nitrogen and oxygen atoms in total. The zero-order valence-corrected chi connectivity index (χ0v) is 17.5. The smallest absolute Gasteiger partial charge is 0.310 e. The lowest BCUT2D eigenvalue weighted by molar-refractivity contribution is -0.153. The maximum absolute atomic E-state index is 12.9. The Hall–Kier alpha value is -2.48. The van der Waals surface area contributed by atoms with E-state index in [9.17, 15) is 9.59 Å². The molecule has 0 unspecified atom stereocenters. The number of benzene rings is 1. The van der Waals surface area contributed by atoms with Gasteiger partial charge in [0.2, 0.25) is 6.10 Å². The molecule has 0 spiro atoms. The molecule has 3 rings (SSSR count). The lowest BCUT2D eigenvalue weighted by Gasteiger charge is -2.32. The molecule has 0 bridgehead atoms. The van der Waals surface area contributed by atoms with Crippen LogP contribution in [0.3, 0.4) is 0 Å². The molecule has 1 fully saturated rings. The van der Waals surface area contributed by atoms with E-state index in [-0.39, 0.29) is 17.8 Å². The van der Waals surface area contributed by atoms with Gasteiger partial charge in [-0.2, -0.15) is 0 Å². The van der Waals surface area contributed by atoms with Gasteiger partial charge in [0, 0.05) is 31.1 Å². The molecule has 2 aliphatic heterocycles. The van der Waals surface area contributed by atoms with Gasteiger partial charge in [0.15, 0.2) is 0 Å². The van der Waals surface area contributed by atoms with Crippen LogP contribution in [0, 0.1) is 5.92 Å². The number of hydrogen-bond donors (Lipinski definition) is 0. The second-order valence-corrected chi connectivity index (χ2v) is 7.31. The van der Waals surface area contributed by atoms with Crippen molar-refractivity contribution in [2.45, 2.75) is 32.3 Å². The van der Waals surface area contributed by atoms with Crippen LogP contribution in [0.1, 0.15) is 31.7 Å². The van der Waals surface area contributed by atoms with Crippen molar-refractivity contribution in [2.24, 2.45) is 11.1 Å². The quantitative estimate of drug-likeness (QED) is 0.652. The molecule has 1 aromatic rings. The van der Waals surface area contributed by atoms with Crippen molar-refractivity contribution in [3.8, 4) is 11.5 Å². The number of rotatable bonds is 6. The number of carbonyl (C=O) groups is 2. The summed E-state index contributed by atoms with van der Waals surface area (Å²) in [7, 11) is 3.06. The second-order valence-electron chi connectivity index (χ2n) is 6.90. The van der Waals surface area contributed by atoms with Gasteiger partial charge in [-0.25, -0.2) is 0 Å². The number of halogens is 1. The van der Waals surface area contributed by atoms with Gasteiger partial charge in [-0.05, 0) is 25.8 Å². The van der Waals surface area contributed by atoms with Crippen LogP contribution in [0.25, 0.3) is 0 Å². The van der Waals surface area contributed by atoms with Crippen molar-refractivity contribution in [1.82, 2.24) is 4.90 Å². The van der Waals surface area contributed by atoms with Gasteiger partial charge in [-0.3, -0.25) is 9.59 Å². The lowest BCUT2D eigenvalue weighted by Crippen LogP contribution is -2.47. The third-order valence-corrected chi connectivity index (χ3v) is 5.38. The Morgan fingerprint density at radius 3 is 2.72 bits per heavy atom. The fourth-order valence-corrected chi connectivity index (χ4v) is 3.83. The molecule has 1 saturated heterocycles. The molecule has 0 saturated carbocycles. The maximum Gasteiger partial charge on any atom is 0.310 e. The average Bonchev–Trinajstić information content (AvgIpc) is 3.23. The average molecular weight is 425 g/mol. The van der Waals surface area contributed by atoms with Crippen molar-refractivity contribution < 1.29 is 28.6 Å². The van der Waals surface area contributed by atoms with Crippen LogP contribution in [0.15, 0.2) is 17.3 Å². The number of likely N-dealkylation sites (tertiary alicyclic amines) is 1. The topological polar surface area (TPSA) is 86.7 Å². The molecule has 0 radical (unpaired) electrons. The van der Waals surface area contributed by atoms with Crippen LogP contribution in [0.4, 0.5) is 0 Å². The fraction of sp³-hybridized carbons (Fsp3) is 0.550. The van der Waals surface area contributed by atoms with E-state index in [1.807, 2.05) is 0 Å². The van der Waals surface area contributed by atoms with E-state index >= 15 is 0 Å². The predicted molar refractivity (Wildman–Crippen MR) is 107 cm³/mol. The molecule has 1 amide bonds. The van der Waals surface area contributed by atoms with Gasteiger partial charge in [0.1, 0.15) is 11.5 Å². The van der Waals surface area contributed by atoms with Crippen molar-refractivity contribution >= 4 is 29.2 Å². The Morgan fingerprint density at radius 1 is 1.28 bits per heavy atom. The van der Waals surface area contributed by atoms with Crippen molar-refractivity contribution in [3.63, 3.8) is 0 Å². The minimum absolute atomic E-state index is 0.184. The highest BCUT2D eigenvalue weighted by atomic mass is 35.5. The number of piperidine rings is 1. The first kappa shape index (κ1) is 21.2. The number of hydrogen-bond acceptors (Lipinski definition) is 7. The minimum Gasteiger partial charge on any atom is -0.496 e. The molecule has 2 aliphatic rings. The zero-order chi connectivity index (χ0) is 21.0. The third-order valence-electron chi connectivity index (χ3n) is 5.08. The summed E-state index contributed by atoms with van der Waals surface area (Å²) >= 11 is 6.23. The number of ether oxygens (including phenoxy) is 3. The summed E-state index contributed by atoms with van der Waals surface area (Å²) in [6.07, 6.45) is 1.02. The van der Waals surface area contributed by atoms with Crippen LogP contribution >= 0.6 is 11.6 Å². The molecule has 0 aliphatic carbocycles. The van der Waals surface area contributed by atoms with Crippen LogP contribution < -0.4 is 9.47 Å². The number of carbonyl (C=O) groups excluding carboxylic acids is 2. The second kappa shape index (κ2) is 9.35. The predicted octanol–water partition coefficient (Wildman–Crippen LogP) is 2.65. The summed E-state index contributed by atoms with van der Waals surface area (Å²) in [6, 6.07) is 3.36. The first-order chi connectivity index (χ1) is 14.0. The fourth-order valence-electron chi connectivity index (χ4n) is 3.59. The van der Waals surface area contributed by atoms with Crippen molar-refractivity contribution in [2.75, 3.05) is 33.9 Å². The summed E-state index contributed by atoms with van der Waals surface area (Å²) in [5.41, 5.74) is 1.22. The molecule has 2 atom stereocenters. The largest absolute Gasteiger partial charge is 0.496 e. The SMILES string of the molecule is CCOC(=O)[C@@H]1CCCN(C(=O)[C@H]2CC(c3cc(Cl)c(OC)cc3OC)=NO2)C1. The summed E-state index contributed by atoms with van der Waals surface area (Å²) in [5.74, 6) is 0.276. The standard InChI is InChI=1S/C20H25ClN2O6/c1-4-28-20(25)12-6-5-7-23(11-12)19(24)18-9-15(22-29-18)13-8-14(21)17(27-3)10-16(13)26-2/h8,10,12,18H,4-7,9,11H2,1-3H3/t12-,18-/m1/s1. The lowest BCUT2D eigenvalue weighted by atomic mass is 9.97. The van der Waals surface area contributed by atoms with Crippen LogP contribution in [-0.4, -0.2) is 62.5 Å². The number of nitrogens with zero attached hydrogens (tertiary/aromatic N) is 2. The van der Waals surface area contributed by atoms with Crippen molar-refractivity contribution in [1.29, 1.82) is 0 Å². The third kappa shape index (κ3) is 4.58. The van der Waals surface area contributed by atoms with Gasteiger partial charge in [0.25, 0.3) is 5.91 Å². The molecule has 158 valence electrons. The molecular weight excluding hydrogens is 400 g/mol. The van der Waals surface area contributed by atoms with E-state index in [4.69, 9.17) is 30.6 Å². The number of amides is 1. The first-order valence-electron chi connectivity index (χ1n) is 9.58. The number of esters is 1. The zero-order valence-electron chi connectivity index (χ0n) is 16.8. The van der Waals surface area contributed by atoms with Crippen LogP contribution in [0.5, 0.6) is 11.5 Å². The van der Waals surface area contributed by atoms with E-state index in [1.165, 1.54) is 14.2 Å². The first-order valence-corrected chi connectivity index (χ1v) is 9.96. The van der Waals surface area contributed by atoms with E-state index in [1.54, 1.807) is 24.0 Å². The Bertz CT molecular complexity index is 812. The summed E-state index contributed by atoms with van der Waals surface area (Å²) in [5, 5.41) is 4.50. The minimum atomic E-state index is -0.739. The Kier molecular flexibility index (Phi) is 6.84. The summed E-state index contributed by atoms with van der Waals surface area (Å²) in [4.78, 5) is 32.0. The number of oxime groups is 1. The van der Waals surface area contributed by atoms with Gasteiger partial charge in [-0.15, -0.1) is 0 Å². The molecule has 29 heavy (non-hydrogen) atoms. The normalized spacial score (nSPS) is 21.2. The van der Waals surface area contributed by atoms with Gasteiger partial charge < -0.3 is 23.9 Å². The van der Waals surface area contributed by atoms with Gasteiger partial charge in [0.05, 0.1) is 37.5 Å². The molecule has 0 aromatic heterocycles. The van der Waals surface area contributed by atoms with E-state index in [0.717, 1.165) is 12.8 Å². The molecule has 1 aromatic carbocycles. The highest BCUT2D eigenvalue weighted by molar-refractivity contribution is 6.32. The number of methoxy groups -OCH3 is 2. The molecule has 2 heterocycles. The maximum atomic E-state index is 12.9. The van der Waals surface area contributed by atoms with E-state index in [2.05, 4.69) is 5.16 Å². The molecular formula is C20H25ClN2O6. The Morgan fingerprint density at radius 2 is 2.03 bits per heavy atom. The van der Waals surface area contributed by atoms with Gasteiger partial charge in [-0.1, -0.05) is 16.8 Å². The summed E-state index contributed by atoms with van der Waals surface area (Å²) < 4.78 is 15.7. The van der Waals surface area contributed by atoms with Crippen LogP contribution in [-0.2, 0) is 19.2 Å². The van der Waals surface area contributed by atoms with Crippen LogP contribution in [0.2, 0.25) is 5.02 Å². The molecule has 9 heteroatoms. The Balaban J connectivity index is 1.68. The Labute approximate surface area is 174 Å². The van der Waals surface area contributed by atoms with Gasteiger partial charge >= 0.3 is 5.97 Å². The highest BCUT2D eigenvalue weighted by Gasteiger charge is 2.37. The monoisotopic (exact) mass is 424 g/mol. The van der Waals surface area contributed by atoms with Crippen molar-refractivity contribution in [3.05, 3.63) is 22.7 Å². The summed E-state index contributed by atoms with van der Waals surface area (Å²) in [6.45, 7) is 3.03. The highest BCUT2D eigenvalue weighted by Crippen LogP contribution is 2.35. The molecule has 0 N–H and O–H groups in total. The van der Waals surface area contributed by atoms with E-state index in [0.29, 0.717) is 53.9 Å². The van der Waals surface area contributed by atoms with E-state index < -0.39 is 6.10 Å².